The monoisotopic (exact) mass is 488 g/mol. The fraction of sp³-hybridized carbons (Fsp3) is 0.318. The molecule has 0 fully saturated rings. The SMILES string of the molecule is COC(=O)c1c(S(=O)(=O)Nc2cc(C)cc(C)c2)sc2c1CCN(C(=O)c1ccnn1C)C2. The molecule has 4 rings (SSSR count). The molecule has 1 aromatic carbocycles. The van der Waals surface area contributed by atoms with Crippen LogP contribution in [0.1, 0.15) is 42.4 Å². The lowest BCUT2D eigenvalue weighted by molar-refractivity contribution is 0.0595. The van der Waals surface area contributed by atoms with Gasteiger partial charge in [0.2, 0.25) is 0 Å². The number of aromatic nitrogens is 2. The average Bonchev–Trinajstić information content (AvgIpc) is 3.35. The number of benzene rings is 1. The van der Waals surface area contributed by atoms with E-state index in [2.05, 4.69) is 9.82 Å². The largest absolute Gasteiger partial charge is 0.465 e. The third-order valence-corrected chi connectivity index (χ3v) is 8.58. The van der Waals surface area contributed by atoms with Gasteiger partial charge in [0.25, 0.3) is 15.9 Å². The molecule has 0 aliphatic carbocycles. The van der Waals surface area contributed by atoms with Gasteiger partial charge < -0.3 is 9.64 Å². The maximum absolute atomic E-state index is 13.3. The fourth-order valence-electron chi connectivity index (χ4n) is 4.03. The van der Waals surface area contributed by atoms with Crippen LogP contribution < -0.4 is 4.72 Å². The summed E-state index contributed by atoms with van der Waals surface area (Å²) in [5.41, 5.74) is 3.34. The van der Waals surface area contributed by atoms with E-state index >= 15 is 0 Å². The molecule has 11 heteroatoms. The average molecular weight is 489 g/mol. The zero-order valence-corrected chi connectivity index (χ0v) is 20.3. The molecule has 3 aromatic rings. The number of hydrogen-bond acceptors (Lipinski definition) is 7. The van der Waals surface area contributed by atoms with Crippen molar-refractivity contribution < 1.29 is 22.7 Å². The lowest BCUT2D eigenvalue weighted by Gasteiger charge is -2.27. The number of methoxy groups -OCH3 is 1. The van der Waals surface area contributed by atoms with Crippen LogP contribution in [0.5, 0.6) is 0 Å². The first-order valence-corrected chi connectivity index (χ1v) is 12.5. The molecule has 0 unspecified atom stereocenters. The first kappa shape index (κ1) is 23.0. The van der Waals surface area contributed by atoms with E-state index in [1.165, 1.54) is 11.8 Å². The highest BCUT2D eigenvalue weighted by atomic mass is 32.2. The molecule has 0 radical (unpaired) electrons. The smallest absolute Gasteiger partial charge is 0.340 e. The van der Waals surface area contributed by atoms with Crippen LogP contribution in [0.2, 0.25) is 0 Å². The van der Waals surface area contributed by atoms with Crippen LogP contribution in [0.3, 0.4) is 0 Å². The van der Waals surface area contributed by atoms with E-state index in [9.17, 15) is 18.0 Å². The molecule has 1 aliphatic heterocycles. The number of nitrogens with zero attached hydrogens (tertiary/aromatic N) is 3. The first-order valence-electron chi connectivity index (χ1n) is 10.2. The number of thiophene rings is 1. The van der Waals surface area contributed by atoms with E-state index in [0.29, 0.717) is 34.8 Å². The fourth-order valence-corrected chi connectivity index (χ4v) is 6.97. The van der Waals surface area contributed by atoms with Gasteiger partial charge in [-0.05, 0) is 55.2 Å². The summed E-state index contributed by atoms with van der Waals surface area (Å²) in [6.45, 7) is 4.31. The number of hydrogen-bond donors (Lipinski definition) is 1. The van der Waals surface area contributed by atoms with Gasteiger partial charge in [-0.15, -0.1) is 11.3 Å². The number of anilines is 1. The van der Waals surface area contributed by atoms with Gasteiger partial charge >= 0.3 is 5.97 Å². The van der Waals surface area contributed by atoms with Crippen molar-refractivity contribution in [3.05, 3.63) is 63.3 Å². The van der Waals surface area contributed by atoms with Crippen molar-refractivity contribution in [3.63, 3.8) is 0 Å². The molecule has 174 valence electrons. The van der Waals surface area contributed by atoms with Gasteiger partial charge in [-0.25, -0.2) is 13.2 Å². The van der Waals surface area contributed by atoms with Crippen molar-refractivity contribution >= 4 is 38.9 Å². The van der Waals surface area contributed by atoms with Crippen molar-refractivity contribution in [2.75, 3.05) is 18.4 Å². The normalized spacial score (nSPS) is 13.5. The molecule has 9 nitrogen and oxygen atoms in total. The van der Waals surface area contributed by atoms with Gasteiger partial charge in [0.05, 0.1) is 19.2 Å². The van der Waals surface area contributed by atoms with Crippen LogP contribution in [0.25, 0.3) is 0 Å². The number of fused-ring (bicyclic) bond motifs is 1. The van der Waals surface area contributed by atoms with Crippen LogP contribution in [0, 0.1) is 13.8 Å². The maximum Gasteiger partial charge on any atom is 0.340 e. The van der Waals surface area contributed by atoms with E-state index in [4.69, 9.17) is 4.74 Å². The van der Waals surface area contributed by atoms with Gasteiger partial charge in [-0.2, -0.15) is 5.10 Å². The summed E-state index contributed by atoms with van der Waals surface area (Å²) in [6.07, 6.45) is 1.89. The highest BCUT2D eigenvalue weighted by Crippen LogP contribution is 2.38. The third kappa shape index (κ3) is 4.38. The lowest BCUT2D eigenvalue weighted by Crippen LogP contribution is -2.36. The zero-order chi connectivity index (χ0) is 23.9. The Balaban J connectivity index is 1.71. The first-order chi connectivity index (χ1) is 15.6. The molecule has 0 bridgehead atoms. The van der Waals surface area contributed by atoms with E-state index in [-0.39, 0.29) is 22.2 Å². The molecule has 2 aromatic heterocycles. The van der Waals surface area contributed by atoms with Crippen LogP contribution >= 0.6 is 11.3 Å². The number of rotatable bonds is 5. The highest BCUT2D eigenvalue weighted by Gasteiger charge is 2.35. The number of sulfonamides is 1. The number of amides is 1. The third-order valence-electron chi connectivity index (χ3n) is 5.46. The van der Waals surface area contributed by atoms with E-state index in [0.717, 1.165) is 22.5 Å². The summed E-state index contributed by atoms with van der Waals surface area (Å²) in [7, 11) is -1.15. The summed E-state index contributed by atoms with van der Waals surface area (Å²) in [5.74, 6) is -0.911. The van der Waals surface area contributed by atoms with Crippen molar-refractivity contribution in [1.82, 2.24) is 14.7 Å². The minimum absolute atomic E-state index is 0.0435. The van der Waals surface area contributed by atoms with Crippen molar-refractivity contribution in [3.8, 4) is 0 Å². The molecule has 1 aliphatic rings. The standard InChI is InChI=1S/C22H24N4O5S2/c1-13-9-14(2)11-15(10-13)24-33(29,30)22-19(21(28)31-4)16-6-8-26(12-18(16)32-22)20(27)17-5-7-23-25(17)3/h5,7,9-11,24H,6,8,12H2,1-4H3. The van der Waals surface area contributed by atoms with Crippen LogP contribution in [0.4, 0.5) is 5.69 Å². The summed E-state index contributed by atoms with van der Waals surface area (Å²) in [5, 5.41) is 4.04. The maximum atomic E-state index is 13.3. The van der Waals surface area contributed by atoms with Crippen molar-refractivity contribution in [1.29, 1.82) is 0 Å². The quantitative estimate of drug-likeness (QED) is 0.553. The van der Waals surface area contributed by atoms with E-state index < -0.39 is 16.0 Å². The molecule has 33 heavy (non-hydrogen) atoms. The Labute approximate surface area is 196 Å². The van der Waals surface area contributed by atoms with Gasteiger partial charge in [-0.3, -0.25) is 14.2 Å². The number of esters is 1. The topological polar surface area (TPSA) is 111 Å². The predicted molar refractivity (Wildman–Crippen MR) is 124 cm³/mol. The Kier molecular flexibility index (Phi) is 6.02. The van der Waals surface area contributed by atoms with Crippen LogP contribution in [-0.2, 0) is 34.8 Å². The number of carbonyl (C=O) groups excluding carboxylic acids is 2. The minimum atomic E-state index is -4.06. The predicted octanol–water partition coefficient (Wildman–Crippen LogP) is 2.88. The Morgan fingerprint density at radius 1 is 1.18 bits per heavy atom. The molecule has 0 spiro atoms. The van der Waals surface area contributed by atoms with E-state index in [1.54, 1.807) is 36.3 Å². The second-order valence-corrected chi connectivity index (χ2v) is 10.9. The van der Waals surface area contributed by atoms with Crippen LogP contribution in [0.15, 0.2) is 34.7 Å². The summed E-state index contributed by atoms with van der Waals surface area (Å²) < 4.78 is 35.6. The summed E-state index contributed by atoms with van der Waals surface area (Å²) >= 11 is 0.995. The number of ether oxygens (including phenoxy) is 1. The second-order valence-electron chi connectivity index (χ2n) is 7.96. The number of aryl methyl sites for hydroxylation is 3. The summed E-state index contributed by atoms with van der Waals surface area (Å²) in [6, 6.07) is 7.03. The molecule has 3 heterocycles. The highest BCUT2D eigenvalue weighted by molar-refractivity contribution is 7.94. The minimum Gasteiger partial charge on any atom is -0.465 e. The molecular formula is C22H24N4O5S2. The van der Waals surface area contributed by atoms with Crippen molar-refractivity contribution in [2.24, 2.45) is 7.05 Å². The Hall–Kier alpha value is -3.18. The van der Waals surface area contributed by atoms with Crippen molar-refractivity contribution in [2.45, 2.75) is 31.0 Å². The molecule has 1 amide bonds. The molecule has 0 saturated carbocycles. The second kappa shape index (κ2) is 8.64. The molecular weight excluding hydrogens is 464 g/mol. The number of nitrogens with one attached hydrogen (secondary N) is 1. The van der Waals surface area contributed by atoms with Gasteiger partial charge in [-0.1, -0.05) is 6.07 Å². The Morgan fingerprint density at radius 2 is 1.88 bits per heavy atom. The summed E-state index contributed by atoms with van der Waals surface area (Å²) in [4.78, 5) is 27.8. The van der Waals surface area contributed by atoms with Gasteiger partial charge in [0.15, 0.2) is 4.21 Å². The molecule has 1 N–H and O–H groups in total. The zero-order valence-electron chi connectivity index (χ0n) is 18.7. The van der Waals surface area contributed by atoms with Gasteiger partial charge in [0.1, 0.15) is 5.69 Å². The molecule has 0 saturated heterocycles. The van der Waals surface area contributed by atoms with E-state index in [1.807, 2.05) is 19.9 Å². The lowest BCUT2D eigenvalue weighted by atomic mass is 10.0. The number of carbonyl (C=O) groups is 2. The van der Waals surface area contributed by atoms with Gasteiger partial charge in [0, 0.05) is 30.4 Å². The Morgan fingerprint density at radius 3 is 2.48 bits per heavy atom. The molecule has 0 atom stereocenters. The Bertz CT molecular complexity index is 1340. The van der Waals surface area contributed by atoms with Crippen LogP contribution in [-0.4, -0.2) is 48.6 Å².